The monoisotopic (exact) mass is 317 g/mol. The summed E-state index contributed by atoms with van der Waals surface area (Å²) in [6, 6.07) is 4.40. The van der Waals surface area contributed by atoms with Gasteiger partial charge in [0.15, 0.2) is 0 Å². The first-order valence-electron chi connectivity index (χ1n) is 6.32. The molecule has 0 saturated carbocycles. The lowest BCUT2D eigenvalue weighted by molar-refractivity contribution is -0.384. The Hall–Kier alpha value is -0.980. The molecule has 2 rings (SSSR count). The standard InChI is InChI=1S/C13H16ClNO4S/c14-11-7-10(1-2-12(11)15(16)17)19-8-13(9-20)3-5-18-6-4-13/h1-2,7,20H,3-6,8-9H2. The summed E-state index contributed by atoms with van der Waals surface area (Å²) in [5, 5.41) is 10.8. The molecule has 1 heterocycles. The summed E-state index contributed by atoms with van der Waals surface area (Å²) < 4.78 is 11.1. The number of halogens is 1. The zero-order valence-corrected chi connectivity index (χ0v) is 12.5. The average molecular weight is 318 g/mol. The van der Waals surface area contributed by atoms with Crippen LogP contribution in [0.3, 0.4) is 0 Å². The van der Waals surface area contributed by atoms with Crippen molar-refractivity contribution in [1.29, 1.82) is 0 Å². The molecule has 1 fully saturated rings. The minimum Gasteiger partial charge on any atom is -0.493 e. The zero-order chi connectivity index (χ0) is 14.6. The molecule has 1 aromatic rings. The lowest BCUT2D eigenvalue weighted by atomic mass is 9.83. The summed E-state index contributed by atoms with van der Waals surface area (Å²) in [6.07, 6.45) is 1.80. The van der Waals surface area contributed by atoms with Crippen LogP contribution in [0.2, 0.25) is 5.02 Å². The molecule has 0 radical (unpaired) electrons. The average Bonchev–Trinajstić information content (AvgIpc) is 2.46. The predicted octanol–water partition coefficient (Wildman–Crippen LogP) is 3.35. The first-order valence-corrected chi connectivity index (χ1v) is 7.33. The third-order valence-electron chi connectivity index (χ3n) is 3.55. The summed E-state index contributed by atoms with van der Waals surface area (Å²) >= 11 is 10.3. The number of rotatable bonds is 5. The van der Waals surface area contributed by atoms with E-state index in [-0.39, 0.29) is 16.1 Å². The molecular formula is C13H16ClNO4S. The molecule has 0 bridgehead atoms. The maximum absolute atomic E-state index is 10.7. The van der Waals surface area contributed by atoms with E-state index in [4.69, 9.17) is 21.1 Å². The Labute approximate surface area is 127 Å². The molecule has 0 amide bonds. The maximum atomic E-state index is 10.7. The molecule has 20 heavy (non-hydrogen) atoms. The van der Waals surface area contributed by atoms with Crippen LogP contribution in [0.5, 0.6) is 5.75 Å². The molecule has 110 valence electrons. The lowest BCUT2D eigenvalue weighted by Gasteiger charge is -2.35. The number of nitro benzene ring substituents is 1. The van der Waals surface area contributed by atoms with Crippen LogP contribution >= 0.6 is 24.2 Å². The van der Waals surface area contributed by atoms with Crippen molar-refractivity contribution in [2.45, 2.75) is 12.8 Å². The Morgan fingerprint density at radius 1 is 1.45 bits per heavy atom. The molecule has 1 saturated heterocycles. The van der Waals surface area contributed by atoms with E-state index in [2.05, 4.69) is 12.6 Å². The van der Waals surface area contributed by atoms with E-state index in [0.717, 1.165) is 18.6 Å². The second-order valence-electron chi connectivity index (χ2n) is 4.93. The first kappa shape index (κ1) is 15.4. The highest BCUT2D eigenvalue weighted by atomic mass is 35.5. The van der Waals surface area contributed by atoms with Gasteiger partial charge in [-0.15, -0.1) is 0 Å². The Morgan fingerprint density at radius 2 is 2.15 bits per heavy atom. The van der Waals surface area contributed by atoms with Gasteiger partial charge in [-0.2, -0.15) is 12.6 Å². The van der Waals surface area contributed by atoms with Crippen LogP contribution < -0.4 is 4.74 Å². The Balaban J connectivity index is 2.03. The van der Waals surface area contributed by atoms with Gasteiger partial charge >= 0.3 is 0 Å². The van der Waals surface area contributed by atoms with E-state index in [1.807, 2.05) is 0 Å². The van der Waals surface area contributed by atoms with Crippen LogP contribution in [0.25, 0.3) is 0 Å². The third-order valence-corrected chi connectivity index (χ3v) is 4.52. The molecule has 0 N–H and O–H groups in total. The van der Waals surface area contributed by atoms with Gasteiger partial charge in [-0.3, -0.25) is 10.1 Å². The molecule has 0 aliphatic carbocycles. The maximum Gasteiger partial charge on any atom is 0.288 e. The molecule has 1 aliphatic heterocycles. The van der Waals surface area contributed by atoms with Gasteiger partial charge in [0, 0.05) is 30.8 Å². The van der Waals surface area contributed by atoms with Crippen molar-refractivity contribution in [2.75, 3.05) is 25.6 Å². The topological polar surface area (TPSA) is 61.6 Å². The smallest absolute Gasteiger partial charge is 0.288 e. The highest BCUT2D eigenvalue weighted by Crippen LogP contribution is 2.34. The van der Waals surface area contributed by atoms with E-state index in [1.54, 1.807) is 6.07 Å². The van der Waals surface area contributed by atoms with Gasteiger partial charge in [-0.25, -0.2) is 0 Å². The van der Waals surface area contributed by atoms with Crippen molar-refractivity contribution < 1.29 is 14.4 Å². The van der Waals surface area contributed by atoms with Gasteiger partial charge in [0.2, 0.25) is 0 Å². The molecule has 1 aromatic carbocycles. The fourth-order valence-corrected chi connectivity index (χ4v) is 2.76. The lowest BCUT2D eigenvalue weighted by Crippen LogP contribution is -2.36. The number of hydrogen-bond acceptors (Lipinski definition) is 5. The number of hydrogen-bond donors (Lipinski definition) is 1. The second kappa shape index (κ2) is 6.65. The molecule has 7 heteroatoms. The fraction of sp³-hybridized carbons (Fsp3) is 0.538. The zero-order valence-electron chi connectivity index (χ0n) is 10.9. The summed E-state index contributed by atoms with van der Waals surface area (Å²) in [5.74, 6) is 1.25. The van der Waals surface area contributed by atoms with Crippen molar-refractivity contribution in [1.82, 2.24) is 0 Å². The predicted molar refractivity (Wildman–Crippen MR) is 79.9 cm³/mol. The quantitative estimate of drug-likeness (QED) is 0.514. The van der Waals surface area contributed by atoms with Crippen LogP contribution in [-0.2, 0) is 4.74 Å². The number of nitro groups is 1. The molecule has 1 aliphatic rings. The molecule has 0 unspecified atom stereocenters. The SMILES string of the molecule is O=[N+]([O-])c1ccc(OCC2(CS)CCOCC2)cc1Cl. The van der Waals surface area contributed by atoms with Crippen molar-refractivity contribution in [3.63, 3.8) is 0 Å². The van der Waals surface area contributed by atoms with Gasteiger partial charge in [-0.1, -0.05) is 11.6 Å². The second-order valence-corrected chi connectivity index (χ2v) is 5.65. The van der Waals surface area contributed by atoms with E-state index in [0.29, 0.717) is 25.6 Å². The van der Waals surface area contributed by atoms with E-state index in [9.17, 15) is 10.1 Å². The van der Waals surface area contributed by atoms with Crippen LogP contribution in [-0.4, -0.2) is 30.5 Å². The highest BCUT2D eigenvalue weighted by Gasteiger charge is 2.32. The van der Waals surface area contributed by atoms with Gasteiger partial charge in [0.05, 0.1) is 11.5 Å². The molecule has 5 nitrogen and oxygen atoms in total. The van der Waals surface area contributed by atoms with Crippen LogP contribution in [0.15, 0.2) is 18.2 Å². The van der Waals surface area contributed by atoms with E-state index >= 15 is 0 Å². The van der Waals surface area contributed by atoms with Crippen molar-refractivity contribution in [3.8, 4) is 5.75 Å². The largest absolute Gasteiger partial charge is 0.493 e. The van der Waals surface area contributed by atoms with Crippen LogP contribution in [0.1, 0.15) is 12.8 Å². The van der Waals surface area contributed by atoms with Gasteiger partial charge < -0.3 is 9.47 Å². The molecular weight excluding hydrogens is 302 g/mol. The van der Waals surface area contributed by atoms with Crippen LogP contribution in [0, 0.1) is 15.5 Å². The number of ether oxygens (including phenoxy) is 2. The number of thiol groups is 1. The van der Waals surface area contributed by atoms with Crippen LogP contribution in [0.4, 0.5) is 5.69 Å². The highest BCUT2D eigenvalue weighted by molar-refractivity contribution is 7.80. The normalized spacial score (nSPS) is 17.7. The third kappa shape index (κ3) is 3.56. The summed E-state index contributed by atoms with van der Waals surface area (Å²) in [7, 11) is 0. The number of benzene rings is 1. The first-order chi connectivity index (χ1) is 9.56. The molecule has 0 spiro atoms. The Morgan fingerprint density at radius 3 is 2.70 bits per heavy atom. The van der Waals surface area contributed by atoms with Gasteiger partial charge in [0.1, 0.15) is 10.8 Å². The van der Waals surface area contributed by atoms with Gasteiger partial charge in [-0.05, 0) is 24.7 Å². The Kier molecular flexibility index (Phi) is 5.12. The van der Waals surface area contributed by atoms with Crippen molar-refractivity contribution in [2.24, 2.45) is 5.41 Å². The molecule has 0 atom stereocenters. The van der Waals surface area contributed by atoms with Gasteiger partial charge in [0.25, 0.3) is 5.69 Å². The van der Waals surface area contributed by atoms with Crippen molar-refractivity contribution in [3.05, 3.63) is 33.3 Å². The van der Waals surface area contributed by atoms with E-state index in [1.165, 1.54) is 12.1 Å². The van der Waals surface area contributed by atoms with E-state index < -0.39 is 4.92 Å². The summed E-state index contributed by atoms with van der Waals surface area (Å²) in [4.78, 5) is 10.2. The number of nitrogens with zero attached hydrogens (tertiary/aromatic N) is 1. The fourth-order valence-electron chi connectivity index (χ4n) is 2.11. The molecule has 0 aromatic heterocycles. The summed E-state index contributed by atoms with van der Waals surface area (Å²) in [5.41, 5.74) is -0.121. The summed E-state index contributed by atoms with van der Waals surface area (Å²) in [6.45, 7) is 1.93. The Bertz CT molecular complexity index is 491. The van der Waals surface area contributed by atoms with Crippen molar-refractivity contribution >= 4 is 29.9 Å². The minimum atomic E-state index is -0.514. The minimum absolute atomic E-state index is 0.00435.